The van der Waals surface area contributed by atoms with Crippen LogP contribution < -0.4 is 4.74 Å². The molecule has 0 aliphatic heterocycles. The molecule has 4 rings (SSSR count). The number of rotatable bonds is 2. The Morgan fingerprint density at radius 3 is 2.80 bits per heavy atom. The molecular weight excluding hydrogens is 254 g/mol. The van der Waals surface area contributed by atoms with Gasteiger partial charge in [0.25, 0.3) is 0 Å². The van der Waals surface area contributed by atoms with E-state index < -0.39 is 0 Å². The summed E-state index contributed by atoms with van der Waals surface area (Å²) in [4.78, 5) is 12.0. The lowest BCUT2D eigenvalue weighted by Gasteiger charge is -1.95. The molecule has 98 valence electrons. The number of nitrogens with one attached hydrogen (secondary N) is 2. The fourth-order valence-corrected chi connectivity index (χ4v) is 2.25. The van der Waals surface area contributed by atoms with Crippen LogP contribution in [0.1, 0.15) is 0 Å². The van der Waals surface area contributed by atoms with Crippen LogP contribution in [0.2, 0.25) is 0 Å². The Morgan fingerprint density at radius 2 is 1.90 bits per heavy atom. The molecule has 0 saturated carbocycles. The van der Waals surface area contributed by atoms with Gasteiger partial charge in [-0.05, 0) is 12.1 Å². The van der Waals surface area contributed by atoms with Crippen molar-refractivity contribution in [1.29, 1.82) is 0 Å². The van der Waals surface area contributed by atoms with Gasteiger partial charge >= 0.3 is 0 Å². The predicted molar refractivity (Wildman–Crippen MR) is 75.5 cm³/mol. The third-order valence-electron chi connectivity index (χ3n) is 3.22. The van der Waals surface area contributed by atoms with Crippen molar-refractivity contribution in [3.63, 3.8) is 0 Å². The van der Waals surface area contributed by atoms with E-state index in [-0.39, 0.29) is 0 Å². The average Bonchev–Trinajstić information content (AvgIpc) is 3.09. The summed E-state index contributed by atoms with van der Waals surface area (Å²) in [5, 5.41) is 8.35. The Morgan fingerprint density at radius 1 is 1.00 bits per heavy atom. The molecule has 0 bridgehead atoms. The van der Waals surface area contributed by atoms with E-state index in [4.69, 9.17) is 4.74 Å². The van der Waals surface area contributed by atoms with E-state index in [0.29, 0.717) is 17.4 Å². The minimum atomic E-state index is 0.544. The van der Waals surface area contributed by atoms with Crippen molar-refractivity contribution >= 4 is 22.1 Å². The largest absolute Gasteiger partial charge is 0.481 e. The molecule has 0 fully saturated rings. The molecule has 20 heavy (non-hydrogen) atoms. The number of H-pyrrole nitrogens is 2. The summed E-state index contributed by atoms with van der Waals surface area (Å²) in [6, 6.07) is 11.6. The van der Waals surface area contributed by atoms with E-state index in [1.165, 1.54) is 0 Å². The number of imidazole rings is 1. The molecule has 6 nitrogen and oxygen atoms in total. The van der Waals surface area contributed by atoms with Gasteiger partial charge in [0.05, 0.1) is 18.1 Å². The summed E-state index contributed by atoms with van der Waals surface area (Å²) < 4.78 is 5.11. The van der Waals surface area contributed by atoms with Gasteiger partial charge in [0, 0.05) is 11.5 Å². The first-order chi connectivity index (χ1) is 9.85. The van der Waals surface area contributed by atoms with Gasteiger partial charge < -0.3 is 9.72 Å². The number of para-hydroxylation sites is 1. The Hall–Kier alpha value is -2.89. The first-order valence-electron chi connectivity index (χ1n) is 6.19. The number of fused-ring (bicyclic) bond motifs is 2. The minimum absolute atomic E-state index is 0.544. The fraction of sp³-hybridized carbons (Fsp3) is 0.0714. The van der Waals surface area contributed by atoms with Crippen molar-refractivity contribution in [3.05, 3.63) is 36.4 Å². The Balaban J connectivity index is 1.93. The van der Waals surface area contributed by atoms with Crippen LogP contribution in [0.4, 0.5) is 0 Å². The van der Waals surface area contributed by atoms with Gasteiger partial charge in [-0.1, -0.05) is 18.2 Å². The number of aromatic amines is 2. The molecular formula is C14H11N5O. The van der Waals surface area contributed by atoms with Crippen LogP contribution in [-0.2, 0) is 0 Å². The third kappa shape index (κ3) is 1.55. The molecule has 0 spiro atoms. The monoisotopic (exact) mass is 265 g/mol. The zero-order chi connectivity index (χ0) is 13.5. The van der Waals surface area contributed by atoms with E-state index in [1.807, 2.05) is 30.3 Å². The van der Waals surface area contributed by atoms with E-state index >= 15 is 0 Å². The summed E-state index contributed by atoms with van der Waals surface area (Å²) in [6.45, 7) is 0. The molecule has 3 heterocycles. The van der Waals surface area contributed by atoms with Gasteiger partial charge in [-0.3, -0.25) is 5.10 Å². The van der Waals surface area contributed by atoms with Crippen LogP contribution in [0.25, 0.3) is 33.6 Å². The maximum absolute atomic E-state index is 5.11. The zero-order valence-electron chi connectivity index (χ0n) is 10.7. The molecule has 0 unspecified atom stereocenters. The van der Waals surface area contributed by atoms with E-state index in [9.17, 15) is 0 Å². The van der Waals surface area contributed by atoms with E-state index in [2.05, 4.69) is 25.1 Å². The predicted octanol–water partition coefficient (Wildman–Crippen LogP) is 2.51. The standard InChI is InChI=1S/C14H11N5O/c1-20-11-7-6-10-13(16-11)17-14(15-10)12-8-4-2-3-5-9(8)18-19-12/h2-7H,1H3,(H,18,19)(H,15,16,17). The van der Waals surface area contributed by atoms with Gasteiger partial charge in [0.15, 0.2) is 11.5 Å². The van der Waals surface area contributed by atoms with E-state index in [0.717, 1.165) is 22.1 Å². The van der Waals surface area contributed by atoms with E-state index in [1.54, 1.807) is 13.2 Å². The second-order valence-corrected chi connectivity index (χ2v) is 4.43. The maximum atomic E-state index is 5.11. The Labute approximate surface area is 113 Å². The highest BCUT2D eigenvalue weighted by molar-refractivity contribution is 5.92. The number of hydrogen-bond acceptors (Lipinski definition) is 4. The van der Waals surface area contributed by atoms with Gasteiger partial charge in [-0.25, -0.2) is 4.98 Å². The Kier molecular flexibility index (Phi) is 2.23. The summed E-state index contributed by atoms with van der Waals surface area (Å²) >= 11 is 0. The first-order valence-corrected chi connectivity index (χ1v) is 6.19. The molecule has 0 aliphatic carbocycles. The lowest BCUT2D eigenvalue weighted by Crippen LogP contribution is -1.86. The molecule has 0 atom stereocenters. The van der Waals surface area contributed by atoms with Gasteiger partial charge in [-0.15, -0.1) is 0 Å². The number of methoxy groups -OCH3 is 1. The zero-order valence-corrected chi connectivity index (χ0v) is 10.7. The van der Waals surface area contributed by atoms with Gasteiger partial charge in [-0.2, -0.15) is 10.1 Å². The molecule has 0 saturated heterocycles. The van der Waals surface area contributed by atoms with Crippen LogP contribution in [0, 0.1) is 0 Å². The second-order valence-electron chi connectivity index (χ2n) is 4.43. The highest BCUT2D eigenvalue weighted by atomic mass is 16.5. The SMILES string of the molecule is COc1ccc2[nH]c(-c3n[nH]c4ccccc34)nc2n1. The van der Waals surface area contributed by atoms with Crippen molar-refractivity contribution < 1.29 is 4.74 Å². The van der Waals surface area contributed by atoms with Crippen molar-refractivity contribution in [2.45, 2.75) is 0 Å². The molecule has 0 radical (unpaired) electrons. The molecule has 2 N–H and O–H groups in total. The van der Waals surface area contributed by atoms with Crippen LogP contribution in [0.15, 0.2) is 36.4 Å². The van der Waals surface area contributed by atoms with Crippen molar-refractivity contribution in [1.82, 2.24) is 25.1 Å². The number of pyridine rings is 1. The molecule has 6 heteroatoms. The smallest absolute Gasteiger partial charge is 0.215 e. The number of aromatic nitrogens is 5. The summed E-state index contributed by atoms with van der Waals surface area (Å²) in [7, 11) is 1.59. The lowest BCUT2D eigenvalue weighted by molar-refractivity contribution is 0.399. The highest BCUT2D eigenvalue weighted by Crippen LogP contribution is 2.25. The van der Waals surface area contributed by atoms with Crippen LogP contribution in [0.5, 0.6) is 5.88 Å². The number of benzene rings is 1. The molecule has 1 aromatic carbocycles. The normalized spacial score (nSPS) is 11.2. The van der Waals surface area contributed by atoms with Crippen molar-refractivity contribution in [2.75, 3.05) is 7.11 Å². The quantitative estimate of drug-likeness (QED) is 0.583. The number of hydrogen-bond donors (Lipinski definition) is 2. The van der Waals surface area contributed by atoms with Crippen LogP contribution in [0.3, 0.4) is 0 Å². The Bertz CT molecular complexity index is 908. The molecule has 0 amide bonds. The third-order valence-corrected chi connectivity index (χ3v) is 3.22. The molecule has 3 aromatic heterocycles. The lowest BCUT2D eigenvalue weighted by atomic mass is 10.2. The summed E-state index contributed by atoms with van der Waals surface area (Å²) in [5.74, 6) is 1.24. The van der Waals surface area contributed by atoms with Crippen molar-refractivity contribution in [3.8, 4) is 17.4 Å². The summed E-state index contributed by atoms with van der Waals surface area (Å²) in [5.41, 5.74) is 3.24. The first kappa shape index (κ1) is 11.0. The highest BCUT2D eigenvalue weighted by Gasteiger charge is 2.12. The average molecular weight is 265 g/mol. The van der Waals surface area contributed by atoms with Crippen LogP contribution in [-0.4, -0.2) is 32.3 Å². The number of nitrogens with zero attached hydrogens (tertiary/aromatic N) is 3. The van der Waals surface area contributed by atoms with Gasteiger partial charge in [0.2, 0.25) is 5.88 Å². The fourth-order valence-electron chi connectivity index (χ4n) is 2.25. The van der Waals surface area contributed by atoms with Gasteiger partial charge in [0.1, 0.15) is 5.69 Å². The molecule has 0 aliphatic rings. The molecule has 4 aromatic rings. The second kappa shape index (κ2) is 4.06. The van der Waals surface area contributed by atoms with Crippen molar-refractivity contribution in [2.24, 2.45) is 0 Å². The number of ether oxygens (including phenoxy) is 1. The maximum Gasteiger partial charge on any atom is 0.215 e. The van der Waals surface area contributed by atoms with Crippen LogP contribution >= 0.6 is 0 Å². The topological polar surface area (TPSA) is 79.5 Å². The minimum Gasteiger partial charge on any atom is -0.481 e. The summed E-state index contributed by atoms with van der Waals surface area (Å²) in [6.07, 6.45) is 0.